The second-order valence-electron chi connectivity index (χ2n) is 6.05. The molecule has 1 rings (SSSR count). The third-order valence-corrected chi connectivity index (χ3v) is 3.80. The second kappa shape index (κ2) is 6.53. The number of hydrogen-bond acceptors (Lipinski definition) is 3. The Labute approximate surface area is 111 Å². The maximum Gasteiger partial charge on any atom is 0.226 e. The SMILES string of the molecule is CCN(CC(C)(C)O)C(=O)C1CCCCC1CN. The van der Waals surface area contributed by atoms with Crippen LogP contribution in [0.5, 0.6) is 0 Å². The van der Waals surface area contributed by atoms with Gasteiger partial charge in [0.1, 0.15) is 0 Å². The Balaban J connectivity index is 2.69. The average Bonchev–Trinajstić information content (AvgIpc) is 2.34. The molecular weight excluding hydrogens is 228 g/mol. The largest absolute Gasteiger partial charge is 0.389 e. The van der Waals surface area contributed by atoms with Crippen molar-refractivity contribution in [3.05, 3.63) is 0 Å². The van der Waals surface area contributed by atoms with Gasteiger partial charge in [0.2, 0.25) is 5.91 Å². The molecule has 18 heavy (non-hydrogen) atoms. The molecule has 0 aromatic rings. The summed E-state index contributed by atoms with van der Waals surface area (Å²) in [7, 11) is 0. The van der Waals surface area contributed by atoms with E-state index in [1.54, 1.807) is 18.7 Å². The van der Waals surface area contributed by atoms with Crippen LogP contribution in [0, 0.1) is 11.8 Å². The fourth-order valence-corrected chi connectivity index (χ4v) is 2.86. The van der Waals surface area contributed by atoms with Gasteiger partial charge in [0.15, 0.2) is 0 Å². The quantitative estimate of drug-likeness (QED) is 0.781. The Bertz CT molecular complexity index is 273. The van der Waals surface area contributed by atoms with Crippen LogP contribution in [0.15, 0.2) is 0 Å². The zero-order chi connectivity index (χ0) is 13.8. The molecule has 1 amide bonds. The highest BCUT2D eigenvalue weighted by molar-refractivity contribution is 5.79. The molecule has 0 aromatic carbocycles. The third-order valence-electron chi connectivity index (χ3n) is 3.80. The summed E-state index contributed by atoms with van der Waals surface area (Å²) in [5.74, 6) is 0.558. The van der Waals surface area contributed by atoms with Gasteiger partial charge < -0.3 is 15.7 Å². The van der Waals surface area contributed by atoms with Crippen molar-refractivity contribution in [1.29, 1.82) is 0 Å². The summed E-state index contributed by atoms with van der Waals surface area (Å²) in [6.07, 6.45) is 4.31. The van der Waals surface area contributed by atoms with Crippen LogP contribution in [0.2, 0.25) is 0 Å². The van der Waals surface area contributed by atoms with Gasteiger partial charge in [-0.3, -0.25) is 4.79 Å². The predicted molar refractivity (Wildman–Crippen MR) is 73.1 cm³/mol. The van der Waals surface area contributed by atoms with Crippen LogP contribution in [-0.2, 0) is 4.79 Å². The van der Waals surface area contributed by atoms with E-state index in [-0.39, 0.29) is 11.8 Å². The molecule has 0 aromatic heterocycles. The summed E-state index contributed by atoms with van der Waals surface area (Å²) in [5, 5.41) is 9.87. The number of rotatable bonds is 5. The van der Waals surface area contributed by atoms with E-state index in [0.29, 0.717) is 25.6 Å². The standard InChI is InChI=1S/C14H28N2O2/c1-4-16(10-14(2,3)18)13(17)12-8-6-5-7-11(12)9-15/h11-12,18H,4-10,15H2,1-3H3. The lowest BCUT2D eigenvalue weighted by atomic mass is 9.78. The van der Waals surface area contributed by atoms with E-state index >= 15 is 0 Å². The second-order valence-corrected chi connectivity index (χ2v) is 6.05. The van der Waals surface area contributed by atoms with Crippen molar-refractivity contribution >= 4 is 5.91 Å². The first-order valence-electron chi connectivity index (χ1n) is 7.10. The fraction of sp³-hybridized carbons (Fsp3) is 0.929. The van der Waals surface area contributed by atoms with Gasteiger partial charge >= 0.3 is 0 Å². The lowest BCUT2D eigenvalue weighted by Crippen LogP contribution is -2.47. The van der Waals surface area contributed by atoms with Crippen LogP contribution < -0.4 is 5.73 Å². The normalized spacial score (nSPS) is 24.9. The molecule has 0 aliphatic heterocycles. The number of hydrogen-bond donors (Lipinski definition) is 2. The summed E-state index contributed by atoms with van der Waals surface area (Å²) in [6, 6.07) is 0. The van der Waals surface area contributed by atoms with Crippen LogP contribution in [0.3, 0.4) is 0 Å². The number of likely N-dealkylation sites (N-methyl/N-ethyl adjacent to an activating group) is 1. The smallest absolute Gasteiger partial charge is 0.226 e. The van der Waals surface area contributed by atoms with E-state index in [9.17, 15) is 9.90 Å². The summed E-state index contributed by atoms with van der Waals surface area (Å²) in [6.45, 7) is 7.08. The van der Waals surface area contributed by atoms with Crippen LogP contribution >= 0.6 is 0 Å². The maximum absolute atomic E-state index is 12.5. The highest BCUT2D eigenvalue weighted by Gasteiger charge is 2.33. The van der Waals surface area contributed by atoms with Gasteiger partial charge in [0, 0.05) is 19.0 Å². The molecule has 2 unspecified atom stereocenters. The summed E-state index contributed by atoms with van der Waals surface area (Å²) in [5.41, 5.74) is 4.95. The summed E-state index contributed by atoms with van der Waals surface area (Å²) < 4.78 is 0. The molecule has 0 bridgehead atoms. The van der Waals surface area contributed by atoms with Gasteiger partial charge in [-0.15, -0.1) is 0 Å². The lowest BCUT2D eigenvalue weighted by Gasteiger charge is -2.36. The van der Waals surface area contributed by atoms with E-state index < -0.39 is 5.60 Å². The van der Waals surface area contributed by atoms with Crippen LogP contribution in [0.25, 0.3) is 0 Å². The molecular formula is C14H28N2O2. The molecule has 3 N–H and O–H groups in total. The monoisotopic (exact) mass is 256 g/mol. The molecule has 0 saturated heterocycles. The number of carbonyl (C=O) groups is 1. The molecule has 2 atom stereocenters. The highest BCUT2D eigenvalue weighted by Crippen LogP contribution is 2.31. The van der Waals surface area contributed by atoms with Crippen molar-refractivity contribution in [2.45, 2.75) is 52.1 Å². The lowest BCUT2D eigenvalue weighted by molar-refractivity contribution is -0.141. The van der Waals surface area contributed by atoms with Crippen LogP contribution in [0.1, 0.15) is 46.5 Å². The zero-order valence-electron chi connectivity index (χ0n) is 12.0. The van der Waals surface area contributed by atoms with E-state index in [1.165, 1.54) is 6.42 Å². The number of aliphatic hydroxyl groups is 1. The van der Waals surface area contributed by atoms with Crippen molar-refractivity contribution in [3.8, 4) is 0 Å². The maximum atomic E-state index is 12.5. The van der Waals surface area contributed by atoms with Crippen LogP contribution in [-0.4, -0.2) is 41.1 Å². The van der Waals surface area contributed by atoms with E-state index in [0.717, 1.165) is 19.3 Å². The minimum Gasteiger partial charge on any atom is -0.389 e. The van der Waals surface area contributed by atoms with E-state index in [1.807, 2.05) is 6.92 Å². The molecule has 1 aliphatic carbocycles. The molecule has 106 valence electrons. The van der Waals surface area contributed by atoms with Gasteiger partial charge in [-0.25, -0.2) is 0 Å². The van der Waals surface area contributed by atoms with Gasteiger partial charge in [0.25, 0.3) is 0 Å². The molecule has 0 spiro atoms. The van der Waals surface area contributed by atoms with Crippen molar-refractivity contribution in [2.24, 2.45) is 17.6 Å². The molecule has 1 saturated carbocycles. The number of nitrogens with two attached hydrogens (primary N) is 1. The average molecular weight is 256 g/mol. The molecule has 4 nitrogen and oxygen atoms in total. The highest BCUT2D eigenvalue weighted by atomic mass is 16.3. The predicted octanol–water partition coefficient (Wildman–Crippen LogP) is 1.37. The Morgan fingerprint density at radius 1 is 1.39 bits per heavy atom. The van der Waals surface area contributed by atoms with Gasteiger partial charge in [0.05, 0.1) is 5.60 Å². The van der Waals surface area contributed by atoms with Gasteiger partial charge in [-0.2, -0.15) is 0 Å². The first-order chi connectivity index (χ1) is 8.39. The first kappa shape index (κ1) is 15.4. The Kier molecular flexibility index (Phi) is 5.60. The van der Waals surface area contributed by atoms with Crippen LogP contribution in [0.4, 0.5) is 0 Å². The van der Waals surface area contributed by atoms with Crippen molar-refractivity contribution in [1.82, 2.24) is 4.90 Å². The summed E-state index contributed by atoms with van der Waals surface area (Å²) >= 11 is 0. The third kappa shape index (κ3) is 4.25. The molecule has 4 heteroatoms. The van der Waals surface area contributed by atoms with Crippen molar-refractivity contribution in [3.63, 3.8) is 0 Å². The molecule has 1 aliphatic rings. The van der Waals surface area contributed by atoms with Gasteiger partial charge in [-0.05, 0) is 46.1 Å². The minimum atomic E-state index is -0.835. The Morgan fingerprint density at radius 3 is 2.50 bits per heavy atom. The van der Waals surface area contributed by atoms with Crippen molar-refractivity contribution in [2.75, 3.05) is 19.6 Å². The minimum absolute atomic E-state index is 0.0612. The Morgan fingerprint density at radius 2 is 2.00 bits per heavy atom. The van der Waals surface area contributed by atoms with E-state index in [2.05, 4.69) is 0 Å². The van der Waals surface area contributed by atoms with E-state index in [4.69, 9.17) is 5.73 Å². The number of amides is 1. The molecule has 0 radical (unpaired) electrons. The zero-order valence-corrected chi connectivity index (χ0v) is 12.0. The number of nitrogens with zero attached hydrogens (tertiary/aromatic N) is 1. The summed E-state index contributed by atoms with van der Waals surface area (Å²) in [4.78, 5) is 14.3. The first-order valence-corrected chi connectivity index (χ1v) is 7.10. The topological polar surface area (TPSA) is 66.6 Å². The van der Waals surface area contributed by atoms with Gasteiger partial charge in [-0.1, -0.05) is 12.8 Å². The molecule has 1 fully saturated rings. The number of carbonyl (C=O) groups excluding carboxylic acids is 1. The Hall–Kier alpha value is -0.610. The molecule has 0 heterocycles. The fourth-order valence-electron chi connectivity index (χ4n) is 2.86. The van der Waals surface area contributed by atoms with Crippen molar-refractivity contribution < 1.29 is 9.90 Å².